The van der Waals surface area contributed by atoms with Gasteiger partial charge in [-0.1, -0.05) is 12.8 Å². The normalized spacial score (nSPS) is 21.0. The van der Waals surface area contributed by atoms with Gasteiger partial charge in [0, 0.05) is 6.04 Å². The molecule has 1 fully saturated rings. The lowest BCUT2D eigenvalue weighted by Gasteiger charge is -2.22. The van der Waals surface area contributed by atoms with Crippen LogP contribution < -0.4 is 5.48 Å². The second-order valence-electron chi connectivity index (χ2n) is 4.91. The molecule has 0 amide bonds. The third-order valence-electron chi connectivity index (χ3n) is 1.95. The molecule has 0 aliphatic heterocycles. The van der Waals surface area contributed by atoms with Gasteiger partial charge in [-0.2, -0.15) is 5.48 Å². The molecule has 2 nitrogen and oxygen atoms in total. The minimum Gasteiger partial charge on any atom is -0.296 e. The molecule has 1 atom stereocenters. The van der Waals surface area contributed by atoms with E-state index in [4.69, 9.17) is 4.84 Å². The monoisotopic (exact) mass is 171 g/mol. The molecule has 0 aromatic rings. The van der Waals surface area contributed by atoms with Gasteiger partial charge < -0.3 is 0 Å². The molecule has 0 spiro atoms. The van der Waals surface area contributed by atoms with Crippen molar-refractivity contribution in [1.29, 1.82) is 0 Å². The lowest BCUT2D eigenvalue weighted by atomic mass is 10.2. The Labute approximate surface area is 75.6 Å². The first-order chi connectivity index (χ1) is 5.47. The van der Waals surface area contributed by atoms with E-state index in [-0.39, 0.29) is 5.60 Å². The van der Waals surface area contributed by atoms with Crippen molar-refractivity contribution < 1.29 is 4.84 Å². The zero-order valence-corrected chi connectivity index (χ0v) is 8.68. The quantitative estimate of drug-likeness (QED) is 0.656. The average molecular weight is 171 g/mol. The fraction of sp³-hybridized carbons (Fsp3) is 1.00. The Hall–Kier alpha value is -0.0800. The summed E-state index contributed by atoms with van der Waals surface area (Å²) >= 11 is 0. The zero-order valence-electron chi connectivity index (χ0n) is 8.68. The first-order valence-electron chi connectivity index (χ1n) is 4.91. The molecule has 1 aliphatic rings. The molecular weight excluding hydrogens is 150 g/mol. The van der Waals surface area contributed by atoms with E-state index in [1.165, 1.54) is 19.3 Å². The molecule has 12 heavy (non-hydrogen) atoms. The summed E-state index contributed by atoms with van der Waals surface area (Å²) in [6.07, 6.45) is 4.10. The van der Waals surface area contributed by atoms with Crippen LogP contribution in [0.5, 0.6) is 0 Å². The van der Waals surface area contributed by atoms with E-state index in [9.17, 15) is 0 Å². The van der Waals surface area contributed by atoms with Gasteiger partial charge in [0.1, 0.15) is 0 Å². The van der Waals surface area contributed by atoms with E-state index in [1.807, 2.05) is 0 Å². The summed E-state index contributed by atoms with van der Waals surface area (Å²) in [6.45, 7) is 8.36. The molecule has 72 valence electrons. The van der Waals surface area contributed by atoms with Crippen LogP contribution in [0.15, 0.2) is 0 Å². The summed E-state index contributed by atoms with van der Waals surface area (Å²) in [6, 6.07) is 0.497. The predicted octanol–water partition coefficient (Wildman–Crippen LogP) is 2.49. The maximum absolute atomic E-state index is 5.47. The first kappa shape index (κ1) is 10.0. The largest absolute Gasteiger partial charge is 0.296 e. The molecule has 0 aromatic carbocycles. The van der Waals surface area contributed by atoms with Gasteiger partial charge in [0.05, 0.1) is 5.60 Å². The molecule has 1 aliphatic carbocycles. The van der Waals surface area contributed by atoms with Gasteiger partial charge >= 0.3 is 0 Å². The summed E-state index contributed by atoms with van der Waals surface area (Å²) in [5.74, 6) is 0.969. The van der Waals surface area contributed by atoms with Gasteiger partial charge in [0.15, 0.2) is 0 Å². The van der Waals surface area contributed by atoms with Crippen molar-refractivity contribution in [2.24, 2.45) is 5.92 Å². The minimum absolute atomic E-state index is 0.0716. The molecular formula is C10H21NO. The third-order valence-corrected chi connectivity index (χ3v) is 1.95. The van der Waals surface area contributed by atoms with E-state index in [0.29, 0.717) is 6.04 Å². The number of nitrogens with one attached hydrogen (secondary N) is 1. The molecule has 1 N–H and O–H groups in total. The average Bonchev–Trinajstić information content (AvgIpc) is 2.66. The molecule has 0 bridgehead atoms. The van der Waals surface area contributed by atoms with Crippen LogP contribution in [0.2, 0.25) is 0 Å². The van der Waals surface area contributed by atoms with Crippen molar-refractivity contribution in [3.05, 3.63) is 0 Å². The summed E-state index contributed by atoms with van der Waals surface area (Å²) < 4.78 is 0. The zero-order chi connectivity index (χ0) is 9.19. The van der Waals surface area contributed by atoms with Crippen molar-refractivity contribution in [3.8, 4) is 0 Å². The maximum Gasteiger partial charge on any atom is 0.0813 e. The smallest absolute Gasteiger partial charge is 0.0813 e. The standard InChI is InChI=1S/C10H21NO/c1-8(7-9-5-6-9)11-12-10(2,3)4/h8-9,11H,5-7H2,1-4H3. The molecule has 0 saturated heterocycles. The number of hydrogen-bond acceptors (Lipinski definition) is 2. The highest BCUT2D eigenvalue weighted by atomic mass is 16.7. The molecule has 1 unspecified atom stereocenters. The molecule has 1 saturated carbocycles. The Morgan fingerprint density at radius 3 is 2.42 bits per heavy atom. The Bertz CT molecular complexity index is 135. The fourth-order valence-corrected chi connectivity index (χ4v) is 1.18. The van der Waals surface area contributed by atoms with Crippen LogP contribution in [0.4, 0.5) is 0 Å². The van der Waals surface area contributed by atoms with Crippen molar-refractivity contribution in [2.45, 2.75) is 58.6 Å². The van der Waals surface area contributed by atoms with Crippen LogP contribution in [0.3, 0.4) is 0 Å². The second kappa shape index (κ2) is 3.75. The Balaban J connectivity index is 2.04. The van der Waals surface area contributed by atoms with E-state index >= 15 is 0 Å². The van der Waals surface area contributed by atoms with E-state index in [2.05, 4.69) is 33.2 Å². The lowest BCUT2D eigenvalue weighted by Crippen LogP contribution is -2.35. The van der Waals surface area contributed by atoms with E-state index < -0.39 is 0 Å². The molecule has 1 rings (SSSR count). The van der Waals surface area contributed by atoms with Crippen molar-refractivity contribution in [2.75, 3.05) is 0 Å². The SMILES string of the molecule is CC(CC1CC1)NOC(C)(C)C. The van der Waals surface area contributed by atoms with E-state index in [0.717, 1.165) is 5.92 Å². The van der Waals surface area contributed by atoms with Crippen molar-refractivity contribution >= 4 is 0 Å². The Kier molecular flexibility index (Phi) is 3.13. The van der Waals surface area contributed by atoms with Crippen molar-refractivity contribution in [1.82, 2.24) is 5.48 Å². The summed E-state index contributed by atoms with van der Waals surface area (Å²) in [5.41, 5.74) is 3.02. The van der Waals surface area contributed by atoms with Gasteiger partial charge in [-0.15, -0.1) is 0 Å². The topological polar surface area (TPSA) is 21.3 Å². The molecule has 0 radical (unpaired) electrons. The number of rotatable bonds is 4. The van der Waals surface area contributed by atoms with Crippen molar-refractivity contribution in [3.63, 3.8) is 0 Å². The maximum atomic E-state index is 5.47. The fourth-order valence-electron chi connectivity index (χ4n) is 1.18. The molecule has 2 heteroatoms. The van der Waals surface area contributed by atoms with Gasteiger partial charge in [-0.3, -0.25) is 4.84 Å². The highest BCUT2D eigenvalue weighted by molar-refractivity contribution is 4.76. The Morgan fingerprint density at radius 2 is 2.00 bits per heavy atom. The molecule has 0 aromatic heterocycles. The second-order valence-corrected chi connectivity index (χ2v) is 4.91. The first-order valence-corrected chi connectivity index (χ1v) is 4.91. The van der Waals surface area contributed by atoms with Gasteiger partial charge in [0.2, 0.25) is 0 Å². The van der Waals surface area contributed by atoms with Crippen LogP contribution in [0.25, 0.3) is 0 Å². The van der Waals surface area contributed by atoms with Gasteiger partial charge in [-0.05, 0) is 40.0 Å². The minimum atomic E-state index is -0.0716. The van der Waals surface area contributed by atoms with Crippen LogP contribution in [0, 0.1) is 5.92 Å². The highest BCUT2D eigenvalue weighted by Gasteiger charge is 2.24. The predicted molar refractivity (Wildman–Crippen MR) is 50.8 cm³/mol. The summed E-state index contributed by atoms with van der Waals surface area (Å²) in [7, 11) is 0. The Morgan fingerprint density at radius 1 is 1.42 bits per heavy atom. The number of hydrogen-bond donors (Lipinski definition) is 1. The third kappa shape index (κ3) is 4.73. The molecule has 0 heterocycles. The van der Waals surface area contributed by atoms with Gasteiger partial charge in [0.25, 0.3) is 0 Å². The van der Waals surface area contributed by atoms with Crippen LogP contribution in [0.1, 0.15) is 47.0 Å². The van der Waals surface area contributed by atoms with E-state index in [1.54, 1.807) is 0 Å². The number of hydroxylamine groups is 1. The van der Waals surface area contributed by atoms with Gasteiger partial charge in [-0.25, -0.2) is 0 Å². The van der Waals surface area contributed by atoms with Crippen LogP contribution >= 0.6 is 0 Å². The summed E-state index contributed by atoms with van der Waals surface area (Å²) in [5, 5.41) is 0. The van der Waals surface area contributed by atoms with Crippen LogP contribution in [-0.4, -0.2) is 11.6 Å². The lowest BCUT2D eigenvalue weighted by molar-refractivity contribution is -0.0873. The highest BCUT2D eigenvalue weighted by Crippen LogP contribution is 2.33. The summed E-state index contributed by atoms with van der Waals surface area (Å²) in [4.78, 5) is 5.47. The van der Waals surface area contributed by atoms with Crippen LogP contribution in [-0.2, 0) is 4.84 Å².